The highest BCUT2D eigenvalue weighted by Gasteiger charge is 2.01. The summed E-state index contributed by atoms with van der Waals surface area (Å²) in [6.07, 6.45) is 1.35. The van der Waals surface area contributed by atoms with Crippen LogP contribution in [0.5, 0.6) is 0 Å². The molecule has 5 nitrogen and oxygen atoms in total. The second-order valence-corrected chi connectivity index (χ2v) is 3.43. The van der Waals surface area contributed by atoms with Gasteiger partial charge in [0, 0.05) is 11.9 Å². The minimum absolute atomic E-state index is 0.314. The van der Waals surface area contributed by atoms with Gasteiger partial charge in [0.1, 0.15) is 5.69 Å². The quantitative estimate of drug-likeness (QED) is 0.705. The van der Waals surface area contributed by atoms with Gasteiger partial charge in [0.05, 0.1) is 0 Å². The van der Waals surface area contributed by atoms with Gasteiger partial charge < -0.3 is 10.3 Å². The summed E-state index contributed by atoms with van der Waals surface area (Å²) < 4.78 is 0. The van der Waals surface area contributed by atoms with Gasteiger partial charge in [-0.05, 0) is 18.6 Å². The Kier molecular flexibility index (Phi) is 2.59. The van der Waals surface area contributed by atoms with Crippen molar-refractivity contribution in [1.29, 1.82) is 0 Å². The molecule has 0 aliphatic rings. The molecule has 0 spiro atoms. The molecule has 0 radical (unpaired) electrons. The van der Waals surface area contributed by atoms with Crippen LogP contribution in [0.25, 0.3) is 0 Å². The monoisotopic (exact) mass is 217 g/mol. The van der Waals surface area contributed by atoms with E-state index in [1.807, 2.05) is 31.2 Å². The number of aryl methyl sites for hydroxylation is 1. The normalized spacial score (nSPS) is 10.1. The third kappa shape index (κ3) is 2.03. The van der Waals surface area contributed by atoms with Crippen LogP contribution in [-0.4, -0.2) is 9.97 Å². The van der Waals surface area contributed by atoms with E-state index in [9.17, 15) is 9.59 Å². The highest BCUT2D eigenvalue weighted by Crippen LogP contribution is 2.16. The summed E-state index contributed by atoms with van der Waals surface area (Å²) >= 11 is 0. The molecule has 2 rings (SSSR count). The van der Waals surface area contributed by atoms with Crippen LogP contribution in [0.3, 0.4) is 0 Å². The standard InChI is InChI=1S/C11H11N3O2/c1-7-4-2-3-5-8(7)13-9-6-12-11(16)14-10(9)15/h2-6,13H,1H3,(H2,12,14,15,16). The lowest BCUT2D eigenvalue weighted by Crippen LogP contribution is -2.23. The highest BCUT2D eigenvalue weighted by atomic mass is 16.2. The van der Waals surface area contributed by atoms with Crippen LogP contribution in [-0.2, 0) is 0 Å². The second kappa shape index (κ2) is 4.06. The minimum Gasteiger partial charge on any atom is -0.350 e. The summed E-state index contributed by atoms with van der Waals surface area (Å²) in [6.45, 7) is 1.93. The van der Waals surface area contributed by atoms with Crippen molar-refractivity contribution in [1.82, 2.24) is 9.97 Å². The maximum atomic E-state index is 11.4. The Morgan fingerprint density at radius 2 is 1.88 bits per heavy atom. The molecule has 0 saturated heterocycles. The van der Waals surface area contributed by atoms with Crippen LogP contribution in [0, 0.1) is 6.92 Å². The Morgan fingerprint density at radius 1 is 1.12 bits per heavy atom. The number of rotatable bonds is 2. The highest BCUT2D eigenvalue weighted by molar-refractivity contribution is 5.61. The van der Waals surface area contributed by atoms with Crippen molar-refractivity contribution in [2.75, 3.05) is 5.32 Å². The molecule has 0 atom stereocenters. The first-order valence-corrected chi connectivity index (χ1v) is 4.81. The van der Waals surface area contributed by atoms with Gasteiger partial charge in [0.2, 0.25) is 0 Å². The fourth-order valence-corrected chi connectivity index (χ4v) is 1.36. The summed E-state index contributed by atoms with van der Waals surface area (Å²) in [5, 5.41) is 2.95. The van der Waals surface area contributed by atoms with Gasteiger partial charge in [-0.25, -0.2) is 4.79 Å². The molecule has 16 heavy (non-hydrogen) atoms. The first-order valence-electron chi connectivity index (χ1n) is 4.81. The molecule has 3 N–H and O–H groups in total. The van der Waals surface area contributed by atoms with E-state index < -0.39 is 11.2 Å². The Labute approximate surface area is 91.2 Å². The van der Waals surface area contributed by atoms with Crippen LogP contribution in [0.4, 0.5) is 11.4 Å². The molecule has 82 valence electrons. The lowest BCUT2D eigenvalue weighted by molar-refractivity contribution is 1.04. The molecule has 0 aliphatic heterocycles. The van der Waals surface area contributed by atoms with Gasteiger partial charge in [0.25, 0.3) is 5.56 Å². The molecular weight excluding hydrogens is 206 g/mol. The first kappa shape index (κ1) is 10.2. The van der Waals surface area contributed by atoms with E-state index in [2.05, 4.69) is 15.3 Å². The molecule has 0 amide bonds. The average molecular weight is 217 g/mol. The molecule has 1 aromatic carbocycles. The van der Waals surface area contributed by atoms with Gasteiger partial charge in [0.15, 0.2) is 0 Å². The molecular formula is C11H11N3O2. The first-order chi connectivity index (χ1) is 7.66. The maximum absolute atomic E-state index is 11.4. The Morgan fingerprint density at radius 3 is 2.56 bits per heavy atom. The van der Waals surface area contributed by atoms with Crippen LogP contribution < -0.4 is 16.6 Å². The average Bonchev–Trinajstić information content (AvgIpc) is 2.25. The van der Waals surface area contributed by atoms with Crippen molar-refractivity contribution >= 4 is 11.4 Å². The molecule has 0 aliphatic carbocycles. The molecule has 0 unspecified atom stereocenters. The maximum Gasteiger partial charge on any atom is 0.325 e. The van der Waals surface area contributed by atoms with Crippen LogP contribution in [0.1, 0.15) is 5.56 Å². The van der Waals surface area contributed by atoms with E-state index in [1.165, 1.54) is 6.20 Å². The summed E-state index contributed by atoms with van der Waals surface area (Å²) in [4.78, 5) is 26.8. The van der Waals surface area contributed by atoms with E-state index >= 15 is 0 Å². The summed E-state index contributed by atoms with van der Waals surface area (Å²) in [7, 11) is 0. The zero-order valence-electron chi connectivity index (χ0n) is 8.70. The number of nitrogens with one attached hydrogen (secondary N) is 3. The topological polar surface area (TPSA) is 77.8 Å². The van der Waals surface area contributed by atoms with Crippen LogP contribution in [0.2, 0.25) is 0 Å². The van der Waals surface area contributed by atoms with E-state index in [-0.39, 0.29) is 0 Å². The molecule has 1 aromatic heterocycles. The number of anilines is 2. The summed E-state index contributed by atoms with van der Waals surface area (Å²) in [5.74, 6) is 0. The predicted octanol–water partition coefficient (Wildman–Crippen LogP) is 1.12. The molecule has 0 fully saturated rings. The van der Waals surface area contributed by atoms with Gasteiger partial charge in [-0.15, -0.1) is 0 Å². The second-order valence-electron chi connectivity index (χ2n) is 3.43. The van der Waals surface area contributed by atoms with Crippen molar-refractivity contribution < 1.29 is 0 Å². The number of aromatic nitrogens is 2. The zero-order chi connectivity index (χ0) is 11.5. The van der Waals surface area contributed by atoms with Crippen molar-refractivity contribution in [3.63, 3.8) is 0 Å². The number of benzene rings is 1. The number of hydrogen-bond acceptors (Lipinski definition) is 3. The minimum atomic E-state index is -0.514. The number of hydrogen-bond donors (Lipinski definition) is 3. The summed E-state index contributed by atoms with van der Waals surface area (Å²) in [6, 6.07) is 7.58. The molecule has 5 heteroatoms. The van der Waals surface area contributed by atoms with Crippen LogP contribution >= 0.6 is 0 Å². The van der Waals surface area contributed by atoms with Crippen molar-refractivity contribution in [2.24, 2.45) is 0 Å². The Bertz CT molecular complexity index is 613. The lowest BCUT2D eigenvalue weighted by Gasteiger charge is -2.07. The zero-order valence-corrected chi connectivity index (χ0v) is 8.70. The molecule has 1 heterocycles. The number of H-pyrrole nitrogens is 2. The Balaban J connectivity index is 2.38. The predicted molar refractivity (Wildman–Crippen MR) is 62.1 cm³/mol. The van der Waals surface area contributed by atoms with Gasteiger partial charge >= 0.3 is 5.69 Å². The molecule has 0 bridgehead atoms. The van der Waals surface area contributed by atoms with E-state index in [0.717, 1.165) is 11.3 Å². The SMILES string of the molecule is Cc1ccccc1Nc1c[nH]c(=O)[nH]c1=O. The third-order valence-electron chi connectivity index (χ3n) is 2.23. The van der Waals surface area contributed by atoms with Crippen molar-refractivity contribution in [3.05, 3.63) is 56.9 Å². The van der Waals surface area contributed by atoms with E-state index in [4.69, 9.17) is 0 Å². The van der Waals surface area contributed by atoms with Gasteiger partial charge in [-0.3, -0.25) is 9.78 Å². The van der Waals surface area contributed by atoms with E-state index in [1.54, 1.807) is 0 Å². The Hall–Kier alpha value is -2.30. The molecule has 0 saturated carbocycles. The largest absolute Gasteiger partial charge is 0.350 e. The number of aromatic amines is 2. The summed E-state index contributed by atoms with van der Waals surface area (Å²) in [5.41, 5.74) is 1.22. The van der Waals surface area contributed by atoms with Crippen LogP contribution in [0.15, 0.2) is 40.1 Å². The van der Waals surface area contributed by atoms with Crippen molar-refractivity contribution in [3.8, 4) is 0 Å². The van der Waals surface area contributed by atoms with Gasteiger partial charge in [-0.2, -0.15) is 0 Å². The van der Waals surface area contributed by atoms with E-state index in [0.29, 0.717) is 5.69 Å². The fourth-order valence-electron chi connectivity index (χ4n) is 1.36. The number of para-hydroxylation sites is 1. The third-order valence-corrected chi connectivity index (χ3v) is 2.23. The van der Waals surface area contributed by atoms with Gasteiger partial charge in [-0.1, -0.05) is 18.2 Å². The molecule has 2 aromatic rings. The van der Waals surface area contributed by atoms with Crippen molar-refractivity contribution in [2.45, 2.75) is 6.92 Å². The lowest BCUT2D eigenvalue weighted by atomic mass is 10.2. The smallest absolute Gasteiger partial charge is 0.325 e. The fraction of sp³-hybridized carbons (Fsp3) is 0.0909.